The molecule has 0 amide bonds. The number of hydrogen-bond donors (Lipinski definition) is 0. The summed E-state index contributed by atoms with van der Waals surface area (Å²) < 4.78 is 16.6. The number of carbonyl (C=O) groups excluding carboxylic acids is 2. The summed E-state index contributed by atoms with van der Waals surface area (Å²) in [6.45, 7) is 9.96. The molecule has 0 aliphatic rings. The van der Waals surface area contributed by atoms with Crippen molar-refractivity contribution in [2.45, 2.75) is 92.5 Å². The van der Waals surface area contributed by atoms with E-state index in [0.717, 1.165) is 12.8 Å². The molecule has 0 fully saturated rings. The molecule has 2 atom stereocenters. The zero-order valence-electron chi connectivity index (χ0n) is 16.5. The highest BCUT2D eigenvalue weighted by atomic mass is 32.2. The second-order valence-electron chi connectivity index (χ2n) is 7.01. The van der Waals surface area contributed by atoms with E-state index in [0.29, 0.717) is 37.9 Å². The first-order valence-electron chi connectivity index (χ1n) is 8.61. The van der Waals surface area contributed by atoms with Gasteiger partial charge in [-0.1, -0.05) is 79.7 Å². The summed E-state index contributed by atoms with van der Waals surface area (Å²) in [6, 6.07) is 0. The van der Waals surface area contributed by atoms with Gasteiger partial charge in [-0.05, 0) is 25.4 Å². The minimum absolute atomic E-state index is 0. The van der Waals surface area contributed by atoms with Gasteiger partial charge in [0.05, 0.1) is 37.9 Å². The van der Waals surface area contributed by atoms with Crippen molar-refractivity contribution < 1.29 is 23.8 Å². The number of carbonyl (C=O) groups is 2. The summed E-state index contributed by atoms with van der Waals surface area (Å²) in [6.07, 6.45) is 5.46. The van der Waals surface area contributed by atoms with Gasteiger partial charge in [0.15, 0.2) is 0 Å². The maximum atomic E-state index is 11.6. The fraction of sp³-hybridized carbons (Fsp3) is 0.920. The van der Waals surface area contributed by atoms with Gasteiger partial charge in [0.1, 0.15) is 0 Å². The fourth-order valence-corrected chi connectivity index (χ4v) is 2.50. The van der Waals surface area contributed by atoms with E-state index in [-0.39, 0.29) is 74.8 Å². The number of thioether (sulfide) groups is 2. The molecular weight excluding hydrogens is 444 g/mol. The van der Waals surface area contributed by atoms with Gasteiger partial charge in [-0.15, -0.1) is 0 Å². The van der Waals surface area contributed by atoms with Gasteiger partial charge in [0, 0.05) is 10.8 Å². The lowest BCUT2D eigenvalue weighted by Gasteiger charge is -2.32. The highest BCUT2D eigenvalue weighted by molar-refractivity contribution is 7.99. The standard InChI is InChI=1S/C18H34O5S2.7CH4/c1-7-17(3,13-22-15(19)9-24-5)11-21-12-18(4,8-2)14-23-16(20)10-25-6;;;;;;;/h7-14H2,1-6H3;7*1H4. The first-order chi connectivity index (χ1) is 11.7. The molecule has 0 aliphatic carbocycles. The summed E-state index contributed by atoms with van der Waals surface area (Å²) in [7, 11) is 0. The van der Waals surface area contributed by atoms with Crippen LogP contribution in [0.1, 0.15) is 92.5 Å². The van der Waals surface area contributed by atoms with Crippen molar-refractivity contribution >= 4 is 35.5 Å². The van der Waals surface area contributed by atoms with Crippen LogP contribution < -0.4 is 0 Å². The Labute approximate surface area is 212 Å². The Morgan fingerprint density at radius 3 is 1.12 bits per heavy atom. The lowest BCUT2D eigenvalue weighted by Crippen LogP contribution is -2.35. The van der Waals surface area contributed by atoms with Crippen LogP contribution >= 0.6 is 23.5 Å². The van der Waals surface area contributed by atoms with Crippen LogP contribution in [0, 0.1) is 10.8 Å². The molecule has 0 rings (SSSR count). The molecule has 2 unspecified atom stereocenters. The van der Waals surface area contributed by atoms with Crippen molar-refractivity contribution in [3.8, 4) is 0 Å². The Morgan fingerprint density at radius 1 is 0.625 bits per heavy atom. The third kappa shape index (κ3) is 24.2. The molecular formula is C25H62O5S2. The molecule has 7 heteroatoms. The zero-order valence-corrected chi connectivity index (χ0v) is 18.1. The molecule has 0 aromatic rings. The monoisotopic (exact) mass is 506 g/mol. The Hall–Kier alpha value is -0.400. The maximum Gasteiger partial charge on any atom is 0.315 e. The average Bonchev–Trinajstić information content (AvgIpc) is 2.59. The predicted molar refractivity (Wildman–Crippen MR) is 153 cm³/mol. The third-order valence-corrected chi connectivity index (χ3v) is 5.34. The molecule has 0 spiro atoms. The molecule has 0 heterocycles. The summed E-state index contributed by atoms with van der Waals surface area (Å²) >= 11 is 2.91. The first-order valence-corrected chi connectivity index (χ1v) is 11.4. The lowest BCUT2D eigenvalue weighted by molar-refractivity contribution is -0.147. The van der Waals surface area contributed by atoms with Crippen molar-refractivity contribution in [3.63, 3.8) is 0 Å². The molecule has 0 radical (unpaired) electrons. The van der Waals surface area contributed by atoms with Crippen LogP contribution in [0.4, 0.5) is 0 Å². The number of rotatable bonds is 14. The molecule has 204 valence electrons. The number of esters is 2. The molecule has 0 N–H and O–H groups in total. The van der Waals surface area contributed by atoms with Crippen molar-refractivity contribution in [2.75, 3.05) is 50.4 Å². The van der Waals surface area contributed by atoms with E-state index in [4.69, 9.17) is 14.2 Å². The minimum Gasteiger partial charge on any atom is -0.464 e. The third-order valence-electron chi connectivity index (χ3n) is 4.30. The van der Waals surface area contributed by atoms with Gasteiger partial charge in [-0.25, -0.2) is 0 Å². The van der Waals surface area contributed by atoms with E-state index in [1.165, 1.54) is 23.5 Å². The zero-order chi connectivity index (χ0) is 19.3. The normalized spacial score (nSPS) is 12.4. The van der Waals surface area contributed by atoms with Crippen molar-refractivity contribution in [1.82, 2.24) is 0 Å². The molecule has 0 bridgehead atoms. The van der Waals surface area contributed by atoms with E-state index in [9.17, 15) is 9.59 Å². The van der Waals surface area contributed by atoms with E-state index in [1.54, 1.807) is 0 Å². The maximum absolute atomic E-state index is 11.6. The highest BCUT2D eigenvalue weighted by Gasteiger charge is 2.29. The average molecular weight is 507 g/mol. The highest BCUT2D eigenvalue weighted by Crippen LogP contribution is 2.26. The van der Waals surface area contributed by atoms with Gasteiger partial charge in [-0.3, -0.25) is 9.59 Å². The van der Waals surface area contributed by atoms with Crippen LogP contribution in [-0.2, 0) is 23.8 Å². The van der Waals surface area contributed by atoms with Gasteiger partial charge < -0.3 is 14.2 Å². The van der Waals surface area contributed by atoms with Crippen LogP contribution in [0.25, 0.3) is 0 Å². The number of hydrogen-bond acceptors (Lipinski definition) is 7. The Bertz CT molecular complexity index is 372. The first kappa shape index (κ1) is 53.1. The summed E-state index contributed by atoms with van der Waals surface area (Å²) in [5, 5.41) is 0. The number of ether oxygens (including phenoxy) is 3. The Balaban J connectivity index is -0.000000137. The molecule has 0 aromatic carbocycles. The molecule has 5 nitrogen and oxygen atoms in total. The van der Waals surface area contributed by atoms with Crippen molar-refractivity contribution in [3.05, 3.63) is 0 Å². The molecule has 32 heavy (non-hydrogen) atoms. The quantitative estimate of drug-likeness (QED) is 0.220. The molecule has 0 aliphatic heterocycles. The van der Waals surface area contributed by atoms with Crippen molar-refractivity contribution in [1.29, 1.82) is 0 Å². The van der Waals surface area contributed by atoms with Crippen LogP contribution in [-0.4, -0.2) is 62.4 Å². The summed E-state index contributed by atoms with van der Waals surface area (Å²) in [5.41, 5.74) is -0.420. The van der Waals surface area contributed by atoms with Crippen molar-refractivity contribution in [2.24, 2.45) is 10.8 Å². The van der Waals surface area contributed by atoms with Crippen LogP contribution in [0.5, 0.6) is 0 Å². The summed E-state index contributed by atoms with van der Waals surface area (Å²) in [4.78, 5) is 23.1. The second-order valence-corrected chi connectivity index (χ2v) is 8.74. The van der Waals surface area contributed by atoms with E-state index in [1.807, 2.05) is 12.5 Å². The topological polar surface area (TPSA) is 61.8 Å². The molecule has 0 aromatic heterocycles. The fourth-order valence-electron chi connectivity index (χ4n) is 1.86. The summed E-state index contributed by atoms with van der Waals surface area (Å²) in [5.74, 6) is 0.365. The van der Waals surface area contributed by atoms with Crippen LogP contribution in [0.15, 0.2) is 0 Å². The van der Waals surface area contributed by atoms with Gasteiger partial charge in [0.2, 0.25) is 0 Å². The van der Waals surface area contributed by atoms with E-state index in [2.05, 4.69) is 27.7 Å². The SMILES string of the molecule is C.C.C.C.C.C.C.CCC(C)(COCC(C)(CC)COC(=O)CSC)COC(=O)CSC. The van der Waals surface area contributed by atoms with E-state index >= 15 is 0 Å². The minimum atomic E-state index is -0.210. The van der Waals surface area contributed by atoms with E-state index < -0.39 is 0 Å². The smallest absolute Gasteiger partial charge is 0.315 e. The lowest BCUT2D eigenvalue weighted by atomic mass is 9.88. The Morgan fingerprint density at radius 2 is 0.906 bits per heavy atom. The molecule has 0 saturated carbocycles. The van der Waals surface area contributed by atoms with Crippen LogP contribution in [0.3, 0.4) is 0 Å². The van der Waals surface area contributed by atoms with Gasteiger partial charge in [0.25, 0.3) is 0 Å². The predicted octanol–water partition coefficient (Wildman–Crippen LogP) is 8.10. The second kappa shape index (κ2) is 28.6. The van der Waals surface area contributed by atoms with Gasteiger partial charge in [-0.2, -0.15) is 23.5 Å². The largest absolute Gasteiger partial charge is 0.464 e. The van der Waals surface area contributed by atoms with Crippen LogP contribution in [0.2, 0.25) is 0 Å². The molecule has 0 saturated heterocycles. The Kier molecular flexibility index (Phi) is 47.5. The van der Waals surface area contributed by atoms with Gasteiger partial charge >= 0.3 is 11.9 Å².